The minimum absolute atomic E-state index is 0.0225. The summed E-state index contributed by atoms with van der Waals surface area (Å²) < 4.78 is 60.2. The number of methoxy groups -OCH3 is 1. The molecule has 9 heteroatoms. The fourth-order valence-corrected chi connectivity index (χ4v) is 4.66. The number of nitrogens with one attached hydrogen (secondary N) is 1. The van der Waals surface area contributed by atoms with Crippen molar-refractivity contribution in [2.75, 3.05) is 25.6 Å². The molecule has 5 nitrogen and oxygen atoms in total. The van der Waals surface area contributed by atoms with E-state index < -0.39 is 23.2 Å². The largest absolute Gasteiger partial charge is 0.496 e. The van der Waals surface area contributed by atoms with Crippen LogP contribution >= 0.6 is 11.6 Å². The van der Waals surface area contributed by atoms with Gasteiger partial charge >= 0.3 is 0 Å². The van der Waals surface area contributed by atoms with E-state index in [0.717, 1.165) is 5.56 Å². The highest BCUT2D eigenvalue weighted by molar-refractivity contribution is 6.30. The Morgan fingerprint density at radius 1 is 1.05 bits per heavy atom. The molecule has 202 valence electrons. The monoisotopic (exact) mass is 547 g/mol. The molecule has 3 aromatic rings. The van der Waals surface area contributed by atoms with Crippen molar-refractivity contribution in [1.82, 2.24) is 0 Å². The second kappa shape index (κ2) is 11.7. The molecule has 1 fully saturated rings. The van der Waals surface area contributed by atoms with Crippen molar-refractivity contribution in [2.45, 2.75) is 44.1 Å². The number of halogens is 4. The molecule has 0 aliphatic carbocycles. The van der Waals surface area contributed by atoms with Crippen LogP contribution in [0.15, 0.2) is 60.7 Å². The molecular formula is C29H29ClF3NO4. The predicted octanol–water partition coefficient (Wildman–Crippen LogP) is 7.26. The number of amides is 1. The maximum Gasteiger partial charge on any atom is 0.273 e. The maximum absolute atomic E-state index is 15.2. The molecular weight excluding hydrogens is 519 g/mol. The van der Waals surface area contributed by atoms with Gasteiger partial charge in [-0.2, -0.15) is 0 Å². The highest BCUT2D eigenvalue weighted by atomic mass is 35.5. The molecule has 0 aromatic heterocycles. The van der Waals surface area contributed by atoms with Crippen LogP contribution in [0, 0.1) is 5.82 Å². The van der Waals surface area contributed by atoms with Crippen LogP contribution in [0.3, 0.4) is 0 Å². The van der Waals surface area contributed by atoms with Gasteiger partial charge in [0.1, 0.15) is 11.4 Å². The van der Waals surface area contributed by atoms with E-state index in [1.165, 1.54) is 50.4 Å². The third kappa shape index (κ3) is 6.25. The highest BCUT2D eigenvalue weighted by Gasteiger charge is 2.40. The first kappa shape index (κ1) is 27.8. The summed E-state index contributed by atoms with van der Waals surface area (Å²) >= 11 is 6.14. The predicted molar refractivity (Wildman–Crippen MR) is 140 cm³/mol. The Morgan fingerprint density at radius 3 is 2.39 bits per heavy atom. The molecule has 0 saturated carbocycles. The summed E-state index contributed by atoms with van der Waals surface area (Å²) in [5.41, 5.74) is 0.573. The van der Waals surface area contributed by atoms with E-state index >= 15 is 4.39 Å². The number of hydrogen-bond acceptors (Lipinski definition) is 4. The van der Waals surface area contributed by atoms with Gasteiger partial charge in [0.25, 0.3) is 5.92 Å². The number of benzene rings is 3. The minimum atomic E-state index is -2.91. The van der Waals surface area contributed by atoms with E-state index in [9.17, 15) is 13.6 Å². The van der Waals surface area contributed by atoms with Crippen LogP contribution in [0.2, 0.25) is 5.02 Å². The van der Waals surface area contributed by atoms with Crippen molar-refractivity contribution in [2.24, 2.45) is 0 Å². The first-order valence-electron chi connectivity index (χ1n) is 12.3. The van der Waals surface area contributed by atoms with Gasteiger partial charge in [-0.25, -0.2) is 13.2 Å². The SMILES string of the molecule is CCC(F)(F)c1ccc(CC(=O)Nc2ccc(OC3(c4ccc(Cl)cc4OC)CCOCC3)c(F)c2)cc1. The highest BCUT2D eigenvalue weighted by Crippen LogP contribution is 2.43. The average Bonchev–Trinajstić information content (AvgIpc) is 2.91. The molecule has 3 aromatic carbocycles. The molecule has 0 radical (unpaired) electrons. The van der Waals surface area contributed by atoms with Crippen LogP contribution in [-0.4, -0.2) is 26.2 Å². The van der Waals surface area contributed by atoms with E-state index in [-0.39, 0.29) is 29.8 Å². The van der Waals surface area contributed by atoms with Crippen molar-refractivity contribution in [1.29, 1.82) is 0 Å². The zero-order valence-corrected chi connectivity index (χ0v) is 21.9. The molecule has 0 spiro atoms. The van der Waals surface area contributed by atoms with Gasteiger partial charge in [-0.1, -0.05) is 42.8 Å². The number of anilines is 1. The summed E-state index contributed by atoms with van der Waals surface area (Å²) in [5.74, 6) is -3.40. The van der Waals surface area contributed by atoms with Crippen molar-refractivity contribution in [3.05, 3.63) is 88.2 Å². The molecule has 1 amide bonds. The van der Waals surface area contributed by atoms with Crippen molar-refractivity contribution < 1.29 is 32.2 Å². The molecule has 1 aliphatic heterocycles. The van der Waals surface area contributed by atoms with Crippen LogP contribution in [0.1, 0.15) is 42.9 Å². The van der Waals surface area contributed by atoms with E-state index in [1.54, 1.807) is 18.2 Å². The van der Waals surface area contributed by atoms with E-state index in [4.69, 9.17) is 25.8 Å². The lowest BCUT2D eigenvalue weighted by Gasteiger charge is -2.38. The molecule has 0 atom stereocenters. The van der Waals surface area contributed by atoms with E-state index in [1.807, 2.05) is 6.07 Å². The first-order chi connectivity index (χ1) is 18.2. The molecule has 1 heterocycles. The quantitative estimate of drug-likeness (QED) is 0.306. The third-order valence-electron chi connectivity index (χ3n) is 6.66. The molecule has 1 N–H and O–H groups in total. The van der Waals surface area contributed by atoms with Crippen molar-refractivity contribution >= 4 is 23.2 Å². The summed E-state index contributed by atoms with van der Waals surface area (Å²) in [6, 6.07) is 15.1. The molecule has 0 unspecified atom stereocenters. The normalized spacial score (nSPS) is 15.1. The molecule has 1 saturated heterocycles. The van der Waals surface area contributed by atoms with Gasteiger partial charge in [-0.15, -0.1) is 0 Å². The fourth-order valence-electron chi connectivity index (χ4n) is 4.50. The Labute approximate surface area is 224 Å². The minimum Gasteiger partial charge on any atom is -0.496 e. The van der Waals surface area contributed by atoms with Gasteiger partial charge in [0.05, 0.1) is 26.7 Å². The van der Waals surface area contributed by atoms with Crippen LogP contribution in [0.4, 0.5) is 18.9 Å². The lowest BCUT2D eigenvalue weighted by atomic mass is 9.85. The number of ether oxygens (including phenoxy) is 3. The van der Waals surface area contributed by atoms with Crippen molar-refractivity contribution in [3.8, 4) is 11.5 Å². The van der Waals surface area contributed by atoms with Crippen LogP contribution in [0.25, 0.3) is 0 Å². The maximum atomic E-state index is 15.2. The van der Waals surface area contributed by atoms with Gasteiger partial charge < -0.3 is 19.5 Å². The molecule has 4 rings (SSSR count). The van der Waals surface area contributed by atoms with Crippen LogP contribution < -0.4 is 14.8 Å². The Morgan fingerprint density at radius 2 is 1.76 bits per heavy atom. The lowest BCUT2D eigenvalue weighted by molar-refractivity contribution is -0.115. The summed E-state index contributed by atoms with van der Waals surface area (Å²) in [4.78, 5) is 12.5. The zero-order valence-electron chi connectivity index (χ0n) is 21.2. The average molecular weight is 548 g/mol. The number of rotatable bonds is 9. The van der Waals surface area contributed by atoms with Gasteiger partial charge in [-0.05, 0) is 35.9 Å². The number of carbonyl (C=O) groups is 1. The standard InChI is InChI=1S/C29H29ClF3NO4/c1-3-29(32,33)20-6-4-19(5-7-20)16-27(35)34-22-9-11-25(24(31)18-22)38-28(12-14-37-15-13-28)23-10-8-21(30)17-26(23)36-2/h4-11,17-18H,3,12-16H2,1-2H3,(H,34,35). The second-order valence-corrected chi connectivity index (χ2v) is 9.61. The lowest BCUT2D eigenvalue weighted by Crippen LogP contribution is -2.39. The molecule has 0 bridgehead atoms. The van der Waals surface area contributed by atoms with Gasteiger partial charge in [-0.3, -0.25) is 4.79 Å². The van der Waals surface area contributed by atoms with E-state index in [2.05, 4.69) is 5.32 Å². The zero-order chi connectivity index (χ0) is 27.3. The van der Waals surface area contributed by atoms with Crippen LogP contribution in [0.5, 0.6) is 11.5 Å². The third-order valence-corrected chi connectivity index (χ3v) is 6.90. The Hall–Kier alpha value is -3.23. The van der Waals surface area contributed by atoms with E-state index in [0.29, 0.717) is 42.4 Å². The number of alkyl halides is 2. The second-order valence-electron chi connectivity index (χ2n) is 9.18. The Kier molecular flexibility index (Phi) is 8.53. The Balaban J connectivity index is 1.48. The smallest absolute Gasteiger partial charge is 0.273 e. The van der Waals surface area contributed by atoms with Gasteiger partial charge in [0.2, 0.25) is 5.91 Å². The molecule has 38 heavy (non-hydrogen) atoms. The first-order valence-corrected chi connectivity index (χ1v) is 12.7. The Bertz CT molecular complexity index is 1280. The summed E-state index contributed by atoms with van der Waals surface area (Å²) in [6.07, 6.45) is 0.607. The molecule has 1 aliphatic rings. The summed E-state index contributed by atoms with van der Waals surface area (Å²) in [5, 5.41) is 3.15. The summed E-state index contributed by atoms with van der Waals surface area (Å²) in [6.45, 7) is 2.27. The van der Waals surface area contributed by atoms with Gasteiger partial charge in [0, 0.05) is 47.2 Å². The topological polar surface area (TPSA) is 56.8 Å². The van der Waals surface area contributed by atoms with Crippen molar-refractivity contribution in [3.63, 3.8) is 0 Å². The van der Waals surface area contributed by atoms with Gasteiger partial charge in [0.15, 0.2) is 11.6 Å². The number of hydrogen-bond donors (Lipinski definition) is 1. The summed E-state index contributed by atoms with van der Waals surface area (Å²) in [7, 11) is 1.54. The fraction of sp³-hybridized carbons (Fsp3) is 0.345. The van der Waals surface area contributed by atoms with Crippen LogP contribution in [-0.2, 0) is 27.5 Å². The number of carbonyl (C=O) groups excluding carboxylic acids is 1.